The molecular weight excluding hydrogens is 222 g/mol. The fraction of sp³-hybridized carbons (Fsp3) is 0.556. The topological polar surface area (TPSA) is 53.4 Å². The summed E-state index contributed by atoms with van der Waals surface area (Å²) in [7, 11) is 2.74. The predicted molar refractivity (Wildman–Crippen MR) is 50.8 cm³/mol. The van der Waals surface area contributed by atoms with Crippen LogP contribution in [-0.4, -0.2) is 35.9 Å². The summed E-state index contributed by atoms with van der Waals surface area (Å²) in [5, 5.41) is 3.81. The van der Waals surface area contributed by atoms with Crippen LogP contribution >= 0.6 is 0 Å². The first-order chi connectivity index (χ1) is 7.47. The third-order valence-corrected chi connectivity index (χ3v) is 1.97. The number of aryl methyl sites for hydroxylation is 1. The second kappa shape index (κ2) is 4.91. The van der Waals surface area contributed by atoms with E-state index >= 15 is 0 Å². The van der Waals surface area contributed by atoms with Crippen molar-refractivity contribution in [3.8, 4) is 5.88 Å². The molecule has 1 aromatic rings. The van der Waals surface area contributed by atoms with Gasteiger partial charge in [-0.25, -0.2) is 13.6 Å². The van der Waals surface area contributed by atoms with Crippen molar-refractivity contribution in [1.29, 1.82) is 0 Å². The Morgan fingerprint density at radius 3 is 2.69 bits per heavy atom. The van der Waals surface area contributed by atoms with Gasteiger partial charge in [0.2, 0.25) is 5.88 Å². The van der Waals surface area contributed by atoms with Gasteiger partial charge in [0.1, 0.15) is 0 Å². The van der Waals surface area contributed by atoms with Gasteiger partial charge >= 0.3 is 5.97 Å². The van der Waals surface area contributed by atoms with E-state index in [9.17, 15) is 13.6 Å². The molecule has 0 spiro atoms. The number of carbonyl (C=O) groups excluding carboxylic acids is 1. The van der Waals surface area contributed by atoms with Crippen LogP contribution < -0.4 is 4.74 Å². The van der Waals surface area contributed by atoms with E-state index in [1.807, 2.05) is 0 Å². The van der Waals surface area contributed by atoms with E-state index in [4.69, 9.17) is 4.74 Å². The van der Waals surface area contributed by atoms with Crippen molar-refractivity contribution >= 4 is 5.97 Å². The average Bonchev–Trinajstić information content (AvgIpc) is 2.50. The minimum absolute atomic E-state index is 0.0169. The molecule has 0 saturated heterocycles. The molecule has 0 saturated carbocycles. The van der Waals surface area contributed by atoms with E-state index in [0.717, 1.165) is 0 Å². The summed E-state index contributed by atoms with van der Waals surface area (Å²) in [5.74, 6) is -0.567. The van der Waals surface area contributed by atoms with Crippen LogP contribution in [0.5, 0.6) is 5.88 Å². The summed E-state index contributed by atoms with van der Waals surface area (Å²) < 4.78 is 34.4. The van der Waals surface area contributed by atoms with E-state index in [2.05, 4.69) is 9.84 Å². The Morgan fingerprint density at radius 1 is 1.56 bits per heavy atom. The van der Waals surface area contributed by atoms with Crippen LogP contribution in [0, 0.1) is 6.92 Å². The maximum Gasteiger partial charge on any atom is 0.356 e. The first-order valence-electron chi connectivity index (χ1n) is 4.50. The smallest absolute Gasteiger partial charge is 0.356 e. The van der Waals surface area contributed by atoms with Gasteiger partial charge in [-0.2, -0.15) is 0 Å². The predicted octanol–water partition coefficient (Wildman–Crippen LogP) is 1.16. The fourth-order valence-electron chi connectivity index (χ4n) is 1.27. The van der Waals surface area contributed by atoms with Crippen LogP contribution in [0.3, 0.4) is 0 Å². The summed E-state index contributed by atoms with van der Waals surface area (Å²) in [6.45, 7) is 0.804. The molecule has 1 aromatic heterocycles. The lowest BCUT2D eigenvalue weighted by Crippen LogP contribution is -2.09. The monoisotopic (exact) mass is 234 g/mol. The molecule has 0 bridgehead atoms. The van der Waals surface area contributed by atoms with Gasteiger partial charge in [-0.3, -0.25) is 4.68 Å². The molecule has 0 atom stereocenters. The number of rotatable bonds is 4. The van der Waals surface area contributed by atoms with Gasteiger partial charge in [0.15, 0.2) is 12.3 Å². The average molecular weight is 234 g/mol. The zero-order valence-corrected chi connectivity index (χ0v) is 9.16. The Kier molecular flexibility index (Phi) is 3.81. The van der Waals surface area contributed by atoms with Gasteiger partial charge in [-0.15, -0.1) is 5.10 Å². The standard InChI is InChI=1S/C9H12F2N2O3/c1-5-7(9(14)15-3)13(2)12-8(5)16-4-6(10)11/h6H,4H2,1-3H3. The highest BCUT2D eigenvalue weighted by molar-refractivity contribution is 5.89. The van der Waals surface area contributed by atoms with Crippen molar-refractivity contribution in [3.05, 3.63) is 11.3 Å². The minimum atomic E-state index is -2.58. The molecule has 0 unspecified atom stereocenters. The zero-order valence-electron chi connectivity index (χ0n) is 9.16. The number of esters is 1. The molecule has 1 rings (SSSR count). The molecule has 0 radical (unpaired) electrons. The minimum Gasteiger partial charge on any atom is -0.470 e. The van der Waals surface area contributed by atoms with Crippen molar-refractivity contribution in [3.63, 3.8) is 0 Å². The molecule has 7 heteroatoms. The molecule has 5 nitrogen and oxygen atoms in total. The maximum absolute atomic E-state index is 11.9. The highest BCUT2D eigenvalue weighted by Gasteiger charge is 2.21. The molecule has 0 aliphatic heterocycles. The van der Waals surface area contributed by atoms with Crippen molar-refractivity contribution in [2.75, 3.05) is 13.7 Å². The molecular formula is C9H12F2N2O3. The van der Waals surface area contributed by atoms with Crippen molar-refractivity contribution < 1.29 is 23.0 Å². The number of hydrogen-bond donors (Lipinski definition) is 0. The molecule has 1 heterocycles. The van der Waals surface area contributed by atoms with Crippen molar-refractivity contribution in [1.82, 2.24) is 9.78 Å². The summed E-state index contributed by atoms with van der Waals surface area (Å²) >= 11 is 0. The molecule has 90 valence electrons. The third kappa shape index (κ3) is 2.47. The quantitative estimate of drug-likeness (QED) is 0.733. The maximum atomic E-state index is 11.9. The van der Waals surface area contributed by atoms with Crippen molar-refractivity contribution in [2.24, 2.45) is 7.05 Å². The molecule has 0 fully saturated rings. The van der Waals surface area contributed by atoms with Gasteiger partial charge in [0.25, 0.3) is 6.43 Å². The van der Waals surface area contributed by atoms with Gasteiger partial charge in [-0.1, -0.05) is 0 Å². The van der Waals surface area contributed by atoms with E-state index < -0.39 is 19.0 Å². The van der Waals surface area contributed by atoms with Crippen LogP contribution in [0.4, 0.5) is 8.78 Å². The van der Waals surface area contributed by atoms with Crippen LogP contribution in [-0.2, 0) is 11.8 Å². The van der Waals surface area contributed by atoms with Gasteiger partial charge in [0.05, 0.1) is 7.11 Å². The molecule has 16 heavy (non-hydrogen) atoms. The lowest BCUT2D eigenvalue weighted by atomic mass is 10.2. The van der Waals surface area contributed by atoms with E-state index in [1.54, 1.807) is 6.92 Å². The van der Waals surface area contributed by atoms with Crippen LogP contribution in [0.25, 0.3) is 0 Å². The number of halogens is 2. The van der Waals surface area contributed by atoms with Crippen molar-refractivity contribution in [2.45, 2.75) is 13.3 Å². The Labute approximate surface area is 90.9 Å². The number of methoxy groups -OCH3 is 1. The Hall–Kier alpha value is -1.66. The summed E-state index contributed by atoms with van der Waals surface area (Å²) in [4.78, 5) is 11.3. The third-order valence-electron chi connectivity index (χ3n) is 1.97. The molecule has 0 N–H and O–H groups in total. The number of carbonyl (C=O) groups is 1. The zero-order chi connectivity index (χ0) is 12.3. The SMILES string of the molecule is COC(=O)c1c(C)c(OCC(F)F)nn1C. The Bertz CT molecular complexity index is 390. The Balaban J connectivity index is 2.93. The second-order valence-corrected chi connectivity index (χ2v) is 3.10. The highest BCUT2D eigenvalue weighted by Crippen LogP contribution is 2.20. The molecule has 0 aliphatic carbocycles. The van der Waals surface area contributed by atoms with Crippen LogP contribution in [0.1, 0.15) is 16.1 Å². The first-order valence-corrected chi connectivity index (χ1v) is 4.50. The number of nitrogens with zero attached hydrogens (tertiary/aromatic N) is 2. The van der Waals surface area contributed by atoms with E-state index in [-0.39, 0.29) is 11.6 Å². The molecule has 0 aromatic carbocycles. The van der Waals surface area contributed by atoms with Gasteiger partial charge in [0, 0.05) is 12.6 Å². The summed E-state index contributed by atoms with van der Waals surface area (Å²) in [6, 6.07) is 0. The number of aromatic nitrogens is 2. The van der Waals surface area contributed by atoms with Gasteiger partial charge in [-0.05, 0) is 6.92 Å². The Morgan fingerprint density at radius 2 is 2.19 bits per heavy atom. The number of alkyl halides is 2. The first kappa shape index (κ1) is 12.4. The highest BCUT2D eigenvalue weighted by atomic mass is 19.3. The number of ether oxygens (including phenoxy) is 2. The lowest BCUT2D eigenvalue weighted by molar-refractivity contribution is 0.0587. The van der Waals surface area contributed by atoms with E-state index in [1.165, 1.54) is 18.8 Å². The van der Waals surface area contributed by atoms with E-state index in [0.29, 0.717) is 5.56 Å². The lowest BCUT2D eigenvalue weighted by Gasteiger charge is -2.02. The van der Waals surface area contributed by atoms with Crippen LogP contribution in [0.2, 0.25) is 0 Å². The molecule has 0 amide bonds. The fourth-order valence-corrected chi connectivity index (χ4v) is 1.27. The van der Waals surface area contributed by atoms with Gasteiger partial charge < -0.3 is 9.47 Å². The molecule has 0 aliphatic rings. The normalized spacial score (nSPS) is 10.6. The number of hydrogen-bond acceptors (Lipinski definition) is 4. The summed E-state index contributed by atoms with van der Waals surface area (Å²) in [6.07, 6.45) is -2.58. The second-order valence-electron chi connectivity index (χ2n) is 3.10. The largest absolute Gasteiger partial charge is 0.470 e. The summed E-state index contributed by atoms with van der Waals surface area (Å²) in [5.41, 5.74) is 0.571. The van der Waals surface area contributed by atoms with Crippen LogP contribution in [0.15, 0.2) is 0 Å².